The van der Waals surface area contributed by atoms with Gasteiger partial charge in [-0.25, -0.2) is 0 Å². The van der Waals surface area contributed by atoms with Crippen LogP contribution in [0.2, 0.25) is 0 Å². The Morgan fingerprint density at radius 1 is 0.565 bits per heavy atom. The van der Waals surface area contributed by atoms with Crippen molar-refractivity contribution in [2.45, 2.75) is 41.5 Å². The molecule has 0 unspecified atom stereocenters. The molecule has 3 aromatic rings. The van der Waals surface area contributed by atoms with E-state index < -0.39 is 0 Å². The summed E-state index contributed by atoms with van der Waals surface area (Å²) in [5.74, 6) is 1.18. The van der Waals surface area contributed by atoms with Crippen LogP contribution in [0.3, 0.4) is 0 Å². The Hall–Kier alpha value is -2.42. The maximum atomic E-state index is 6.04. The Kier molecular flexibility index (Phi) is 3.80. The summed E-state index contributed by atoms with van der Waals surface area (Å²) in [4.78, 5) is 0. The predicted molar refractivity (Wildman–Crippen MR) is 93.6 cm³/mol. The molecule has 0 saturated carbocycles. The second-order valence-electron chi connectivity index (χ2n) is 6.46. The molecule has 0 atom stereocenters. The van der Waals surface area contributed by atoms with Gasteiger partial charge >= 0.3 is 0 Å². The lowest BCUT2D eigenvalue weighted by molar-refractivity contribution is 0.583. The van der Waals surface area contributed by atoms with Gasteiger partial charge in [-0.05, 0) is 63.8 Å². The van der Waals surface area contributed by atoms with Crippen LogP contribution < -0.4 is 0 Å². The molecule has 0 aliphatic heterocycles. The van der Waals surface area contributed by atoms with E-state index in [1.165, 1.54) is 11.1 Å². The third kappa shape index (κ3) is 2.79. The molecule has 2 aromatic carbocycles. The van der Waals surface area contributed by atoms with Crippen molar-refractivity contribution in [2.75, 3.05) is 0 Å². The highest BCUT2D eigenvalue weighted by atomic mass is 16.4. The molecule has 118 valence electrons. The molecule has 0 N–H and O–H groups in total. The first kappa shape index (κ1) is 15.5. The normalized spacial score (nSPS) is 11.0. The molecule has 0 bridgehead atoms. The smallest absolute Gasteiger partial charge is 0.248 e. The number of benzene rings is 2. The lowest BCUT2D eigenvalue weighted by Crippen LogP contribution is -1.90. The van der Waals surface area contributed by atoms with Gasteiger partial charge in [-0.1, -0.05) is 35.4 Å². The van der Waals surface area contributed by atoms with Crippen molar-refractivity contribution in [1.82, 2.24) is 10.2 Å². The molecular weight excluding hydrogens is 284 g/mol. The summed E-state index contributed by atoms with van der Waals surface area (Å²) in [6.07, 6.45) is 0. The Balaban J connectivity index is 2.13. The number of hydrogen-bond acceptors (Lipinski definition) is 3. The van der Waals surface area contributed by atoms with Crippen LogP contribution in [-0.4, -0.2) is 10.2 Å². The summed E-state index contributed by atoms with van der Waals surface area (Å²) in [6, 6.07) is 8.59. The van der Waals surface area contributed by atoms with Gasteiger partial charge in [-0.15, -0.1) is 10.2 Å². The van der Waals surface area contributed by atoms with Gasteiger partial charge in [0.25, 0.3) is 0 Å². The molecule has 0 radical (unpaired) electrons. The zero-order valence-electron chi connectivity index (χ0n) is 14.6. The molecule has 0 saturated heterocycles. The summed E-state index contributed by atoms with van der Waals surface area (Å²) in [5.41, 5.74) is 9.21. The first-order valence-electron chi connectivity index (χ1n) is 7.86. The van der Waals surface area contributed by atoms with E-state index in [2.05, 4.69) is 76.0 Å². The minimum absolute atomic E-state index is 0.592. The zero-order valence-corrected chi connectivity index (χ0v) is 14.6. The first-order chi connectivity index (χ1) is 10.9. The van der Waals surface area contributed by atoms with Crippen molar-refractivity contribution in [2.24, 2.45) is 0 Å². The van der Waals surface area contributed by atoms with Crippen molar-refractivity contribution in [3.63, 3.8) is 0 Å². The van der Waals surface area contributed by atoms with E-state index in [1.807, 2.05) is 0 Å². The summed E-state index contributed by atoms with van der Waals surface area (Å²) < 4.78 is 6.04. The van der Waals surface area contributed by atoms with Crippen LogP contribution in [-0.2, 0) is 0 Å². The van der Waals surface area contributed by atoms with Crippen LogP contribution in [0.25, 0.3) is 22.9 Å². The maximum absolute atomic E-state index is 6.04. The average Bonchev–Trinajstić information content (AvgIpc) is 2.85. The third-order valence-corrected chi connectivity index (χ3v) is 4.21. The van der Waals surface area contributed by atoms with E-state index in [-0.39, 0.29) is 0 Å². The highest BCUT2D eigenvalue weighted by molar-refractivity contribution is 5.68. The summed E-state index contributed by atoms with van der Waals surface area (Å²) in [6.45, 7) is 12.5. The van der Waals surface area contributed by atoms with E-state index >= 15 is 0 Å². The molecule has 3 nitrogen and oxygen atoms in total. The van der Waals surface area contributed by atoms with Crippen LogP contribution in [0.15, 0.2) is 28.7 Å². The van der Waals surface area contributed by atoms with Crippen molar-refractivity contribution in [1.29, 1.82) is 0 Å². The molecule has 3 heteroatoms. The third-order valence-electron chi connectivity index (χ3n) is 4.21. The number of nitrogens with zero attached hydrogens (tertiary/aromatic N) is 2. The van der Waals surface area contributed by atoms with Gasteiger partial charge in [0.15, 0.2) is 0 Å². The Bertz CT molecular complexity index is 772. The quantitative estimate of drug-likeness (QED) is 0.648. The second kappa shape index (κ2) is 5.65. The number of aromatic nitrogens is 2. The standard InChI is InChI=1S/C20H22N2O/c1-11-7-13(3)17(14(4)8-11)19-21-22-20(23-19)18-15(5)9-12(2)10-16(18)6/h7-10H,1-6H3. The van der Waals surface area contributed by atoms with E-state index in [9.17, 15) is 0 Å². The Morgan fingerprint density at radius 3 is 1.17 bits per heavy atom. The number of hydrogen-bond donors (Lipinski definition) is 0. The molecule has 1 heterocycles. The lowest BCUT2D eigenvalue weighted by atomic mass is 9.99. The van der Waals surface area contributed by atoms with Crippen LogP contribution in [0.1, 0.15) is 33.4 Å². The molecular formula is C20H22N2O. The fraction of sp³-hybridized carbons (Fsp3) is 0.300. The second-order valence-corrected chi connectivity index (χ2v) is 6.46. The lowest BCUT2D eigenvalue weighted by Gasteiger charge is -2.08. The fourth-order valence-corrected chi connectivity index (χ4v) is 3.46. The highest BCUT2D eigenvalue weighted by Crippen LogP contribution is 2.32. The van der Waals surface area contributed by atoms with Gasteiger partial charge in [0.2, 0.25) is 11.8 Å². The SMILES string of the molecule is Cc1cc(C)c(-c2nnc(-c3c(C)cc(C)cc3C)o2)c(C)c1. The van der Waals surface area contributed by atoms with Crippen LogP contribution in [0.5, 0.6) is 0 Å². The number of aryl methyl sites for hydroxylation is 6. The van der Waals surface area contributed by atoms with Crippen LogP contribution >= 0.6 is 0 Å². The van der Waals surface area contributed by atoms with E-state index in [0.29, 0.717) is 11.8 Å². The molecule has 1 aromatic heterocycles. The maximum Gasteiger partial charge on any atom is 0.248 e. The van der Waals surface area contributed by atoms with Crippen molar-refractivity contribution >= 4 is 0 Å². The van der Waals surface area contributed by atoms with E-state index in [4.69, 9.17) is 4.42 Å². The van der Waals surface area contributed by atoms with Crippen molar-refractivity contribution in [3.8, 4) is 22.9 Å². The van der Waals surface area contributed by atoms with Crippen LogP contribution in [0.4, 0.5) is 0 Å². The van der Waals surface area contributed by atoms with Gasteiger partial charge in [0.05, 0.1) is 0 Å². The predicted octanol–water partition coefficient (Wildman–Crippen LogP) is 5.25. The zero-order chi connectivity index (χ0) is 16.7. The Labute approximate surface area is 137 Å². The molecule has 0 aliphatic carbocycles. The molecule has 0 amide bonds. The minimum atomic E-state index is 0.592. The molecule has 0 aliphatic rings. The van der Waals surface area contributed by atoms with Crippen molar-refractivity contribution in [3.05, 3.63) is 57.6 Å². The van der Waals surface area contributed by atoms with Gasteiger partial charge in [-0.2, -0.15) is 0 Å². The molecule has 3 rings (SSSR count). The average molecular weight is 306 g/mol. The highest BCUT2D eigenvalue weighted by Gasteiger charge is 2.17. The summed E-state index contributed by atoms with van der Waals surface area (Å²) in [7, 11) is 0. The number of rotatable bonds is 2. The van der Waals surface area contributed by atoms with E-state index in [0.717, 1.165) is 33.4 Å². The largest absolute Gasteiger partial charge is 0.416 e. The summed E-state index contributed by atoms with van der Waals surface area (Å²) in [5, 5.41) is 8.60. The fourth-order valence-electron chi connectivity index (χ4n) is 3.46. The van der Waals surface area contributed by atoms with Gasteiger partial charge < -0.3 is 4.42 Å². The first-order valence-corrected chi connectivity index (χ1v) is 7.86. The van der Waals surface area contributed by atoms with Crippen LogP contribution in [0, 0.1) is 41.5 Å². The molecule has 23 heavy (non-hydrogen) atoms. The topological polar surface area (TPSA) is 38.9 Å². The van der Waals surface area contributed by atoms with Gasteiger partial charge in [0, 0.05) is 11.1 Å². The van der Waals surface area contributed by atoms with Gasteiger partial charge in [-0.3, -0.25) is 0 Å². The minimum Gasteiger partial charge on any atom is -0.416 e. The molecule has 0 spiro atoms. The summed E-state index contributed by atoms with van der Waals surface area (Å²) >= 11 is 0. The molecule has 0 fully saturated rings. The van der Waals surface area contributed by atoms with Gasteiger partial charge in [0.1, 0.15) is 0 Å². The van der Waals surface area contributed by atoms with E-state index in [1.54, 1.807) is 0 Å². The Morgan fingerprint density at radius 2 is 0.870 bits per heavy atom. The van der Waals surface area contributed by atoms with Crippen molar-refractivity contribution < 1.29 is 4.42 Å². The monoisotopic (exact) mass is 306 g/mol.